The van der Waals surface area contributed by atoms with Crippen LogP contribution in [-0.2, 0) is 32.3 Å². The summed E-state index contributed by atoms with van der Waals surface area (Å²) >= 11 is 0. The Hall–Kier alpha value is -2.76. The SMILES string of the molecule is CC(C)(C)S(=O)(=O)C[C@@H](Cc1ccccc1)C(=O)NC(Cc1cnc[nH]1)C(=O)NC(CC1CCCCC1)[C@@H](O)[C@@H](O)C1CC1. The van der Waals surface area contributed by atoms with Gasteiger partial charge in [0, 0.05) is 18.3 Å². The monoisotopic (exact) mass is 630 g/mol. The van der Waals surface area contributed by atoms with Crippen molar-refractivity contribution in [3.05, 3.63) is 54.1 Å². The number of carbonyl (C=O) groups excluding carboxylic acids is 2. The lowest BCUT2D eigenvalue weighted by Crippen LogP contribution is -2.57. The van der Waals surface area contributed by atoms with E-state index >= 15 is 0 Å². The third-order valence-electron chi connectivity index (χ3n) is 9.17. The first-order valence-electron chi connectivity index (χ1n) is 16.0. The second kappa shape index (κ2) is 15.0. The number of nitrogens with zero attached hydrogens (tertiary/aromatic N) is 1. The molecule has 0 spiro atoms. The lowest BCUT2D eigenvalue weighted by Gasteiger charge is -2.33. The molecule has 2 unspecified atom stereocenters. The van der Waals surface area contributed by atoms with Crippen molar-refractivity contribution in [1.29, 1.82) is 0 Å². The fourth-order valence-corrected chi connectivity index (χ4v) is 7.36. The number of aromatic nitrogens is 2. The Kier molecular flexibility index (Phi) is 11.6. The Morgan fingerprint density at radius 3 is 2.25 bits per heavy atom. The first-order chi connectivity index (χ1) is 20.8. The minimum absolute atomic E-state index is 0.0276. The Bertz CT molecular complexity index is 1300. The van der Waals surface area contributed by atoms with Gasteiger partial charge in [-0.1, -0.05) is 62.4 Å². The number of benzene rings is 1. The zero-order valence-electron chi connectivity index (χ0n) is 26.2. The number of H-pyrrole nitrogens is 1. The highest BCUT2D eigenvalue weighted by atomic mass is 32.2. The number of hydrogen-bond acceptors (Lipinski definition) is 7. The van der Waals surface area contributed by atoms with Gasteiger partial charge in [0.05, 0.1) is 34.9 Å². The van der Waals surface area contributed by atoms with E-state index in [0.717, 1.165) is 44.1 Å². The van der Waals surface area contributed by atoms with Crippen LogP contribution in [0.1, 0.15) is 83.4 Å². The maximum absolute atomic E-state index is 13.9. The predicted octanol–water partition coefficient (Wildman–Crippen LogP) is 3.10. The van der Waals surface area contributed by atoms with Crippen molar-refractivity contribution in [2.45, 2.75) is 114 Å². The fraction of sp³-hybridized carbons (Fsp3) is 0.667. The number of amides is 2. The molecule has 2 aliphatic rings. The molecule has 0 aliphatic heterocycles. The van der Waals surface area contributed by atoms with Gasteiger partial charge in [-0.15, -0.1) is 0 Å². The van der Waals surface area contributed by atoms with Crippen molar-refractivity contribution in [2.24, 2.45) is 17.8 Å². The van der Waals surface area contributed by atoms with Gasteiger partial charge in [-0.25, -0.2) is 13.4 Å². The predicted molar refractivity (Wildman–Crippen MR) is 169 cm³/mol. The van der Waals surface area contributed by atoms with E-state index in [2.05, 4.69) is 20.6 Å². The zero-order valence-corrected chi connectivity index (χ0v) is 27.1. The first-order valence-corrected chi connectivity index (χ1v) is 17.7. The summed E-state index contributed by atoms with van der Waals surface area (Å²) in [7, 11) is -3.66. The Labute approximate surface area is 261 Å². The van der Waals surface area contributed by atoms with Crippen LogP contribution in [0.4, 0.5) is 0 Å². The molecule has 2 aromatic rings. The van der Waals surface area contributed by atoms with Crippen LogP contribution in [0, 0.1) is 17.8 Å². The highest BCUT2D eigenvalue weighted by Crippen LogP contribution is 2.36. The van der Waals surface area contributed by atoms with Crippen LogP contribution < -0.4 is 10.6 Å². The minimum Gasteiger partial charge on any atom is -0.390 e. The average molecular weight is 631 g/mol. The molecular weight excluding hydrogens is 580 g/mol. The molecule has 1 heterocycles. The molecule has 0 radical (unpaired) electrons. The molecule has 2 aliphatic carbocycles. The summed E-state index contributed by atoms with van der Waals surface area (Å²) in [5, 5.41) is 27.9. The molecule has 1 aromatic carbocycles. The third kappa shape index (κ3) is 9.62. The Balaban J connectivity index is 1.56. The van der Waals surface area contributed by atoms with Crippen molar-refractivity contribution in [1.82, 2.24) is 20.6 Å². The maximum Gasteiger partial charge on any atom is 0.243 e. The van der Waals surface area contributed by atoms with E-state index in [-0.39, 0.29) is 24.5 Å². The van der Waals surface area contributed by atoms with Gasteiger partial charge in [0.15, 0.2) is 9.84 Å². The van der Waals surface area contributed by atoms with Crippen molar-refractivity contribution >= 4 is 21.7 Å². The van der Waals surface area contributed by atoms with E-state index < -0.39 is 56.6 Å². The van der Waals surface area contributed by atoms with E-state index in [1.807, 2.05) is 30.3 Å². The van der Waals surface area contributed by atoms with Crippen LogP contribution >= 0.6 is 0 Å². The number of sulfone groups is 1. The van der Waals surface area contributed by atoms with Gasteiger partial charge in [-0.3, -0.25) is 9.59 Å². The minimum atomic E-state index is -3.66. The number of carbonyl (C=O) groups is 2. The molecule has 10 nitrogen and oxygen atoms in total. The highest BCUT2D eigenvalue weighted by Gasteiger charge is 2.41. The van der Waals surface area contributed by atoms with E-state index in [1.165, 1.54) is 12.7 Å². The normalized spacial score (nSPS) is 19.8. The molecule has 44 heavy (non-hydrogen) atoms. The molecule has 5 N–H and O–H groups in total. The summed E-state index contributed by atoms with van der Waals surface area (Å²) in [4.78, 5) is 34.8. The number of imidazole rings is 1. The van der Waals surface area contributed by atoms with Gasteiger partial charge in [0.2, 0.25) is 11.8 Å². The molecule has 2 amide bonds. The number of aliphatic hydroxyl groups is 2. The largest absolute Gasteiger partial charge is 0.390 e. The van der Waals surface area contributed by atoms with Crippen molar-refractivity contribution in [3.63, 3.8) is 0 Å². The molecule has 0 bridgehead atoms. The van der Waals surface area contributed by atoms with Crippen LogP contribution in [0.25, 0.3) is 0 Å². The lowest BCUT2D eigenvalue weighted by atomic mass is 9.82. The molecule has 4 rings (SSSR count). The van der Waals surface area contributed by atoms with Crippen LogP contribution in [0.2, 0.25) is 0 Å². The van der Waals surface area contributed by atoms with E-state index in [1.54, 1.807) is 27.0 Å². The quantitative estimate of drug-likeness (QED) is 0.202. The number of aliphatic hydroxyl groups excluding tert-OH is 2. The maximum atomic E-state index is 13.9. The average Bonchev–Trinajstić information content (AvgIpc) is 3.71. The summed E-state index contributed by atoms with van der Waals surface area (Å²) in [6.45, 7) is 4.84. The Morgan fingerprint density at radius 1 is 0.977 bits per heavy atom. The smallest absolute Gasteiger partial charge is 0.243 e. The molecule has 5 atom stereocenters. The standard InChI is InChI=1S/C33H50N4O6S/c1-33(2,3)44(42,43)20-25(16-22-10-6-4-7-11-22)31(40)37-28(18-26-19-34-21-35-26)32(41)36-27(17-23-12-8-5-9-13-23)30(39)29(38)24-14-15-24/h4,6-7,10-11,19,21,23-25,27-30,38-39H,5,8-9,12-18,20H2,1-3H3,(H,34,35)(H,36,41)(H,37,40)/t25-,27?,28?,29+,30-/m1/s1. The number of rotatable bonds is 15. The fourth-order valence-electron chi connectivity index (χ4n) is 6.06. The highest BCUT2D eigenvalue weighted by molar-refractivity contribution is 7.92. The molecule has 2 fully saturated rings. The topological polar surface area (TPSA) is 161 Å². The van der Waals surface area contributed by atoms with Crippen molar-refractivity contribution < 1.29 is 28.2 Å². The number of nitrogens with one attached hydrogen (secondary N) is 3. The second-order valence-corrected chi connectivity index (χ2v) is 16.6. The van der Waals surface area contributed by atoms with Crippen LogP contribution in [0.5, 0.6) is 0 Å². The van der Waals surface area contributed by atoms with Crippen LogP contribution in [0.3, 0.4) is 0 Å². The van der Waals surface area contributed by atoms with Gasteiger partial charge in [0.25, 0.3) is 0 Å². The van der Waals surface area contributed by atoms with E-state index in [0.29, 0.717) is 18.0 Å². The summed E-state index contributed by atoms with van der Waals surface area (Å²) in [6.07, 6.45) is 8.94. The Morgan fingerprint density at radius 2 is 1.66 bits per heavy atom. The van der Waals surface area contributed by atoms with Gasteiger partial charge in [-0.05, 0) is 63.9 Å². The van der Waals surface area contributed by atoms with Crippen LogP contribution in [-0.4, -0.2) is 75.2 Å². The lowest BCUT2D eigenvalue weighted by molar-refractivity contribution is -0.132. The molecule has 244 valence electrons. The molecular formula is C33H50N4O6S. The third-order valence-corrected chi connectivity index (χ3v) is 11.9. The van der Waals surface area contributed by atoms with Gasteiger partial charge in [0.1, 0.15) is 12.1 Å². The number of aromatic amines is 1. The van der Waals surface area contributed by atoms with Gasteiger partial charge < -0.3 is 25.8 Å². The summed E-state index contributed by atoms with van der Waals surface area (Å²) < 4.78 is 25.4. The molecule has 2 saturated carbocycles. The molecule has 0 saturated heterocycles. The summed E-state index contributed by atoms with van der Waals surface area (Å²) in [6, 6.07) is 7.49. The summed E-state index contributed by atoms with van der Waals surface area (Å²) in [5.41, 5.74) is 1.44. The van der Waals surface area contributed by atoms with Crippen LogP contribution in [0.15, 0.2) is 42.9 Å². The zero-order chi connectivity index (χ0) is 31.9. The number of hydrogen-bond donors (Lipinski definition) is 5. The van der Waals surface area contributed by atoms with Crippen molar-refractivity contribution in [3.8, 4) is 0 Å². The van der Waals surface area contributed by atoms with E-state index in [4.69, 9.17) is 0 Å². The van der Waals surface area contributed by atoms with Crippen molar-refractivity contribution in [2.75, 3.05) is 5.75 Å². The van der Waals surface area contributed by atoms with E-state index in [9.17, 15) is 28.2 Å². The molecule has 1 aromatic heterocycles. The first kappa shape index (κ1) is 34.1. The molecule has 11 heteroatoms. The summed E-state index contributed by atoms with van der Waals surface area (Å²) in [5.74, 6) is -1.98. The second-order valence-electron chi connectivity index (χ2n) is 13.8. The van der Waals surface area contributed by atoms with Gasteiger partial charge in [-0.2, -0.15) is 0 Å². The van der Waals surface area contributed by atoms with Gasteiger partial charge >= 0.3 is 0 Å².